The van der Waals surface area contributed by atoms with Crippen LogP contribution in [-0.2, 0) is 16.1 Å². The Morgan fingerprint density at radius 3 is 2.54 bits per heavy atom. The smallest absolute Gasteiger partial charge is 0.340 e. The van der Waals surface area contributed by atoms with Gasteiger partial charge in [-0.3, -0.25) is 4.79 Å². The van der Waals surface area contributed by atoms with Crippen molar-refractivity contribution >= 4 is 33.6 Å². The number of hydrogen-bond donors (Lipinski definition) is 2. The Hall–Kier alpha value is -3.06. The van der Waals surface area contributed by atoms with Crippen LogP contribution in [0.4, 0.5) is 0 Å². The number of phenolic OH excluding ortho intramolecular Hbond substituents is 1. The van der Waals surface area contributed by atoms with E-state index in [1.54, 1.807) is 31.2 Å². The monoisotopic (exact) mass is 385 g/mol. The molecule has 0 unspecified atom stereocenters. The number of rotatable bonds is 6. The summed E-state index contributed by atoms with van der Waals surface area (Å²) in [6, 6.07) is 6.50. The quantitative estimate of drug-likeness (QED) is 0.499. The van der Waals surface area contributed by atoms with Crippen LogP contribution < -0.4 is 4.74 Å². The van der Waals surface area contributed by atoms with Gasteiger partial charge in [-0.05, 0) is 44.5 Å². The molecule has 3 rings (SSSR count). The zero-order valence-electron chi connectivity index (χ0n) is 16.1. The summed E-state index contributed by atoms with van der Waals surface area (Å²) in [6.07, 6.45) is 0.499. The lowest BCUT2D eigenvalue weighted by atomic mass is 10.0. The molecule has 7 nitrogen and oxygen atoms in total. The number of aromatic hydroxyl groups is 1. The van der Waals surface area contributed by atoms with Crippen LogP contribution in [0.5, 0.6) is 11.5 Å². The Morgan fingerprint density at radius 2 is 1.89 bits per heavy atom. The average molecular weight is 385 g/mol. The van der Waals surface area contributed by atoms with Gasteiger partial charge in [0.2, 0.25) is 0 Å². The lowest BCUT2D eigenvalue weighted by Crippen LogP contribution is -2.08. The second kappa shape index (κ2) is 7.90. The minimum absolute atomic E-state index is 0.00255. The SMILES string of the molecule is CCOC(=O)c1c(C)n(CCCO)c2c1cc(O)c1ccc(OC(C)=O)cc12. The van der Waals surface area contributed by atoms with Crippen LogP contribution in [0, 0.1) is 6.92 Å². The van der Waals surface area contributed by atoms with Gasteiger partial charge >= 0.3 is 11.9 Å². The minimum Gasteiger partial charge on any atom is -0.507 e. The number of phenols is 1. The zero-order valence-corrected chi connectivity index (χ0v) is 16.1. The molecule has 0 aliphatic heterocycles. The van der Waals surface area contributed by atoms with E-state index in [-0.39, 0.29) is 19.0 Å². The van der Waals surface area contributed by atoms with Gasteiger partial charge in [0.1, 0.15) is 11.5 Å². The third-order valence-electron chi connectivity index (χ3n) is 4.65. The first-order valence-corrected chi connectivity index (χ1v) is 9.14. The second-order valence-electron chi connectivity index (χ2n) is 6.50. The van der Waals surface area contributed by atoms with Gasteiger partial charge in [-0.1, -0.05) is 0 Å². The molecule has 7 heteroatoms. The molecule has 0 aliphatic carbocycles. The Labute approximate surface area is 162 Å². The van der Waals surface area contributed by atoms with Crippen LogP contribution in [0.1, 0.15) is 36.3 Å². The Balaban J connectivity index is 2.39. The Morgan fingerprint density at radius 1 is 1.14 bits per heavy atom. The molecule has 3 aromatic rings. The van der Waals surface area contributed by atoms with E-state index in [2.05, 4.69) is 0 Å². The van der Waals surface area contributed by atoms with Gasteiger partial charge in [0.25, 0.3) is 0 Å². The van der Waals surface area contributed by atoms with E-state index in [0.29, 0.717) is 46.1 Å². The number of hydrogen-bond acceptors (Lipinski definition) is 6. The fourth-order valence-electron chi connectivity index (χ4n) is 3.55. The van der Waals surface area contributed by atoms with Gasteiger partial charge in [0.05, 0.1) is 17.7 Å². The average Bonchev–Trinajstić information content (AvgIpc) is 2.91. The van der Waals surface area contributed by atoms with Crippen molar-refractivity contribution in [3.05, 3.63) is 35.5 Å². The van der Waals surface area contributed by atoms with Crippen LogP contribution in [0.25, 0.3) is 21.7 Å². The highest BCUT2D eigenvalue weighted by molar-refractivity contribution is 6.16. The lowest BCUT2D eigenvalue weighted by molar-refractivity contribution is -0.131. The van der Waals surface area contributed by atoms with Crippen LogP contribution in [0.2, 0.25) is 0 Å². The largest absolute Gasteiger partial charge is 0.507 e. The molecule has 0 saturated heterocycles. The molecule has 0 saturated carbocycles. The summed E-state index contributed by atoms with van der Waals surface area (Å²) in [5.74, 6) is -0.559. The van der Waals surface area contributed by atoms with Crippen LogP contribution in [-0.4, -0.2) is 39.9 Å². The molecule has 0 fully saturated rings. The summed E-state index contributed by atoms with van der Waals surface area (Å²) in [7, 11) is 0. The van der Waals surface area contributed by atoms with E-state index in [1.807, 2.05) is 11.5 Å². The third-order valence-corrected chi connectivity index (χ3v) is 4.65. The molecule has 2 N–H and O–H groups in total. The number of aliphatic hydroxyl groups is 1. The number of fused-ring (bicyclic) bond motifs is 3. The van der Waals surface area contributed by atoms with Crippen LogP contribution in [0.3, 0.4) is 0 Å². The van der Waals surface area contributed by atoms with Gasteiger partial charge in [0.15, 0.2) is 0 Å². The summed E-state index contributed by atoms with van der Waals surface area (Å²) >= 11 is 0. The number of benzene rings is 2. The van der Waals surface area contributed by atoms with Crippen molar-refractivity contribution in [1.82, 2.24) is 4.57 Å². The number of nitrogens with zero attached hydrogens (tertiary/aromatic N) is 1. The highest BCUT2D eigenvalue weighted by Gasteiger charge is 2.24. The van der Waals surface area contributed by atoms with E-state index in [0.717, 1.165) is 5.52 Å². The molecule has 28 heavy (non-hydrogen) atoms. The van der Waals surface area contributed by atoms with Crippen molar-refractivity contribution in [2.45, 2.75) is 33.7 Å². The predicted molar refractivity (Wildman–Crippen MR) is 105 cm³/mol. The second-order valence-corrected chi connectivity index (χ2v) is 6.50. The fraction of sp³-hybridized carbons (Fsp3) is 0.333. The standard InChI is InChI=1S/C21H23NO6/c1-4-27-21(26)19-12(2)22(8-5-9-23)20-16-10-14(28-13(3)24)6-7-15(16)18(25)11-17(19)20/h6-7,10-11,23,25H,4-5,8-9H2,1-3H3. The normalized spacial score (nSPS) is 11.1. The number of carbonyl (C=O) groups excluding carboxylic acids is 2. The van der Waals surface area contributed by atoms with Crippen molar-refractivity contribution < 1.29 is 29.3 Å². The molecule has 148 valence electrons. The third kappa shape index (κ3) is 3.41. The number of esters is 2. The van der Waals surface area contributed by atoms with Crippen LogP contribution >= 0.6 is 0 Å². The first-order valence-electron chi connectivity index (χ1n) is 9.14. The molecular weight excluding hydrogens is 362 g/mol. The Kier molecular flexibility index (Phi) is 5.56. The summed E-state index contributed by atoms with van der Waals surface area (Å²) in [6.45, 7) is 5.57. The maximum absolute atomic E-state index is 12.6. The van der Waals surface area contributed by atoms with Crippen molar-refractivity contribution in [2.24, 2.45) is 0 Å². The molecule has 2 aromatic carbocycles. The van der Waals surface area contributed by atoms with Gasteiger partial charge in [-0.15, -0.1) is 0 Å². The van der Waals surface area contributed by atoms with E-state index in [4.69, 9.17) is 9.47 Å². The highest BCUT2D eigenvalue weighted by atomic mass is 16.5. The van der Waals surface area contributed by atoms with Crippen LogP contribution in [0.15, 0.2) is 24.3 Å². The number of aromatic nitrogens is 1. The van der Waals surface area contributed by atoms with Crippen molar-refractivity contribution in [1.29, 1.82) is 0 Å². The number of aliphatic hydroxyl groups excluding tert-OH is 1. The lowest BCUT2D eigenvalue weighted by Gasteiger charge is -2.11. The van der Waals surface area contributed by atoms with Gasteiger partial charge in [0, 0.05) is 41.9 Å². The molecule has 1 aromatic heterocycles. The predicted octanol–water partition coefficient (Wildman–Crippen LogP) is 3.29. The summed E-state index contributed by atoms with van der Waals surface area (Å²) in [5.41, 5.74) is 1.78. The maximum Gasteiger partial charge on any atom is 0.340 e. The minimum atomic E-state index is -0.470. The van der Waals surface area contributed by atoms with E-state index < -0.39 is 11.9 Å². The fourth-order valence-corrected chi connectivity index (χ4v) is 3.55. The molecule has 1 heterocycles. The van der Waals surface area contributed by atoms with Crippen molar-refractivity contribution in [3.63, 3.8) is 0 Å². The maximum atomic E-state index is 12.6. The molecule has 0 spiro atoms. The molecular formula is C21H23NO6. The zero-order chi connectivity index (χ0) is 20.4. The number of carbonyl (C=O) groups is 2. The van der Waals surface area contributed by atoms with Gasteiger partial charge < -0.3 is 24.3 Å². The van der Waals surface area contributed by atoms with Gasteiger partial charge in [-0.2, -0.15) is 0 Å². The topological polar surface area (TPSA) is 98.0 Å². The number of aryl methyl sites for hydroxylation is 1. The molecule has 0 radical (unpaired) electrons. The summed E-state index contributed by atoms with van der Waals surface area (Å²) in [5, 5.41) is 21.6. The highest BCUT2D eigenvalue weighted by Crippen LogP contribution is 2.39. The van der Waals surface area contributed by atoms with Gasteiger partial charge in [-0.25, -0.2) is 4.79 Å². The number of ether oxygens (including phenoxy) is 2. The molecule has 0 bridgehead atoms. The van der Waals surface area contributed by atoms with E-state index in [1.165, 1.54) is 6.92 Å². The molecule has 0 atom stereocenters. The van der Waals surface area contributed by atoms with E-state index >= 15 is 0 Å². The van der Waals surface area contributed by atoms with Crippen molar-refractivity contribution in [3.8, 4) is 11.5 Å². The Bertz CT molecular complexity index is 1070. The van der Waals surface area contributed by atoms with Crippen molar-refractivity contribution in [2.75, 3.05) is 13.2 Å². The van der Waals surface area contributed by atoms with E-state index in [9.17, 15) is 19.8 Å². The first-order chi connectivity index (χ1) is 13.4. The molecule has 0 aliphatic rings. The first kappa shape index (κ1) is 19.7. The summed E-state index contributed by atoms with van der Waals surface area (Å²) < 4.78 is 12.3. The summed E-state index contributed by atoms with van der Waals surface area (Å²) in [4.78, 5) is 23.9. The molecule has 0 amide bonds.